The van der Waals surface area contributed by atoms with Crippen molar-refractivity contribution in [2.24, 2.45) is 5.10 Å². The number of anilines is 1. The van der Waals surface area contributed by atoms with E-state index >= 15 is 0 Å². The van der Waals surface area contributed by atoms with Crippen molar-refractivity contribution in [2.45, 2.75) is 12.8 Å². The molecule has 0 atom stereocenters. The van der Waals surface area contributed by atoms with Crippen molar-refractivity contribution in [2.75, 3.05) is 12.4 Å². The second-order valence-corrected chi connectivity index (χ2v) is 5.66. The van der Waals surface area contributed by atoms with Crippen LogP contribution in [0.25, 0.3) is 0 Å². The minimum absolute atomic E-state index is 0.0103. The van der Waals surface area contributed by atoms with Gasteiger partial charge in [0.15, 0.2) is 0 Å². The zero-order valence-corrected chi connectivity index (χ0v) is 13.2. The molecule has 8 heteroatoms. The Morgan fingerprint density at radius 1 is 1.38 bits per heavy atom. The largest absolute Gasteiger partial charge is 0.478 e. The third-order valence-corrected chi connectivity index (χ3v) is 3.60. The molecule has 1 aliphatic heterocycles. The highest BCUT2D eigenvalue weighted by atomic mass is 127. The highest BCUT2D eigenvalue weighted by Gasteiger charge is 2.23. The molecule has 2 N–H and O–H groups in total. The molecule has 7 nitrogen and oxygen atoms in total. The van der Waals surface area contributed by atoms with Crippen LogP contribution in [0.3, 0.4) is 0 Å². The van der Waals surface area contributed by atoms with Gasteiger partial charge in [0, 0.05) is 23.5 Å². The van der Waals surface area contributed by atoms with Crippen molar-refractivity contribution in [3.05, 3.63) is 27.3 Å². The van der Waals surface area contributed by atoms with Crippen LogP contribution in [0, 0.1) is 3.57 Å². The van der Waals surface area contributed by atoms with E-state index in [2.05, 4.69) is 10.4 Å². The average Bonchev–Trinajstić information content (AvgIpc) is 2.43. The maximum Gasteiger partial charge on any atom is 0.337 e. The number of carbonyl (C=O) groups excluding carboxylic acids is 2. The maximum absolute atomic E-state index is 12.1. The van der Waals surface area contributed by atoms with E-state index in [1.54, 1.807) is 6.07 Å². The molecule has 0 fully saturated rings. The van der Waals surface area contributed by atoms with Crippen LogP contribution in [0.15, 0.2) is 23.3 Å². The van der Waals surface area contributed by atoms with E-state index in [1.165, 1.54) is 19.2 Å². The smallest absolute Gasteiger partial charge is 0.337 e. The first kappa shape index (κ1) is 15.4. The van der Waals surface area contributed by atoms with Gasteiger partial charge >= 0.3 is 5.97 Å². The number of hydrazone groups is 1. The molecule has 0 aromatic heterocycles. The third kappa shape index (κ3) is 3.57. The molecule has 2 rings (SSSR count). The van der Waals surface area contributed by atoms with Gasteiger partial charge in [0.25, 0.3) is 5.91 Å². The van der Waals surface area contributed by atoms with Gasteiger partial charge in [-0.1, -0.05) is 0 Å². The van der Waals surface area contributed by atoms with Crippen LogP contribution in [-0.2, 0) is 9.59 Å². The lowest BCUT2D eigenvalue weighted by Crippen LogP contribution is -2.34. The summed E-state index contributed by atoms with van der Waals surface area (Å²) in [4.78, 5) is 34.6. The summed E-state index contributed by atoms with van der Waals surface area (Å²) < 4.78 is 0.753. The van der Waals surface area contributed by atoms with E-state index in [1.807, 2.05) is 22.6 Å². The molecule has 0 aliphatic carbocycles. The van der Waals surface area contributed by atoms with Gasteiger partial charge in [-0.25, -0.2) is 9.80 Å². The summed E-state index contributed by atoms with van der Waals surface area (Å²) in [5.41, 5.74) is 0.415. The Bertz CT molecular complexity index is 657. The maximum atomic E-state index is 12.1. The number of benzene rings is 1. The van der Waals surface area contributed by atoms with Gasteiger partial charge in [-0.2, -0.15) is 5.10 Å². The number of carboxylic acids is 1. The number of nitrogens with zero attached hydrogens (tertiary/aromatic N) is 2. The van der Waals surface area contributed by atoms with Crippen molar-refractivity contribution >= 4 is 51.8 Å². The molecule has 1 aliphatic rings. The van der Waals surface area contributed by atoms with Crippen LogP contribution in [0.2, 0.25) is 0 Å². The summed E-state index contributed by atoms with van der Waals surface area (Å²) in [6.45, 7) is 0. The van der Waals surface area contributed by atoms with Crippen LogP contribution in [0.1, 0.15) is 23.2 Å². The summed E-state index contributed by atoms with van der Waals surface area (Å²) >= 11 is 1.99. The van der Waals surface area contributed by atoms with Gasteiger partial charge < -0.3 is 10.4 Å². The van der Waals surface area contributed by atoms with Gasteiger partial charge in [0.1, 0.15) is 5.71 Å². The fraction of sp³-hybridized carbons (Fsp3) is 0.231. The van der Waals surface area contributed by atoms with Crippen molar-refractivity contribution in [1.29, 1.82) is 0 Å². The van der Waals surface area contributed by atoms with Gasteiger partial charge in [0.05, 0.1) is 11.3 Å². The molecule has 0 radical (unpaired) electrons. The number of hydrogen-bond donors (Lipinski definition) is 2. The summed E-state index contributed by atoms with van der Waals surface area (Å²) in [5.74, 6) is -1.79. The molecule has 0 spiro atoms. The Hall–Kier alpha value is -1.97. The Balaban J connectivity index is 2.23. The van der Waals surface area contributed by atoms with E-state index in [0.29, 0.717) is 0 Å². The third-order valence-electron chi connectivity index (χ3n) is 2.93. The lowest BCUT2D eigenvalue weighted by Gasteiger charge is -2.19. The summed E-state index contributed by atoms with van der Waals surface area (Å²) in [6, 6.07) is 4.69. The number of hydrogen-bond acceptors (Lipinski definition) is 4. The standard InChI is InChI=1S/C13H12IN3O4/c1-17-11(18)5-4-10(16-17)12(19)15-9-3-2-7(14)6-8(9)13(20)21/h2-3,6H,4-5H2,1H3,(H,15,19)(H,20,21). The number of carbonyl (C=O) groups is 3. The van der Waals surface area contributed by atoms with Crippen molar-refractivity contribution in [3.63, 3.8) is 0 Å². The molecule has 1 aromatic carbocycles. The molecule has 110 valence electrons. The Labute approximate surface area is 134 Å². The molecule has 0 saturated carbocycles. The van der Waals surface area contributed by atoms with Gasteiger partial charge in [-0.3, -0.25) is 9.59 Å². The van der Waals surface area contributed by atoms with E-state index in [9.17, 15) is 14.4 Å². The molecule has 1 heterocycles. The SMILES string of the molecule is CN1N=C(C(=O)Nc2ccc(I)cc2C(=O)O)CCC1=O. The topological polar surface area (TPSA) is 99.1 Å². The van der Waals surface area contributed by atoms with Crippen molar-refractivity contribution in [3.8, 4) is 0 Å². The number of rotatable bonds is 3. The van der Waals surface area contributed by atoms with E-state index in [4.69, 9.17) is 5.11 Å². The summed E-state index contributed by atoms with van der Waals surface area (Å²) in [7, 11) is 1.47. The quantitative estimate of drug-likeness (QED) is 0.751. The number of halogens is 1. The van der Waals surface area contributed by atoms with Crippen molar-refractivity contribution < 1.29 is 19.5 Å². The summed E-state index contributed by atoms with van der Waals surface area (Å²) in [5, 5.41) is 16.7. The van der Waals surface area contributed by atoms with Crippen LogP contribution < -0.4 is 5.32 Å². The van der Waals surface area contributed by atoms with Crippen LogP contribution >= 0.6 is 22.6 Å². The molecule has 21 heavy (non-hydrogen) atoms. The van der Waals surface area contributed by atoms with E-state index < -0.39 is 11.9 Å². The average molecular weight is 401 g/mol. The highest BCUT2D eigenvalue weighted by molar-refractivity contribution is 14.1. The minimum atomic E-state index is -1.12. The molecule has 0 saturated heterocycles. The monoisotopic (exact) mass is 401 g/mol. The number of amides is 2. The van der Waals surface area contributed by atoms with Crippen molar-refractivity contribution in [1.82, 2.24) is 5.01 Å². The normalized spacial score (nSPS) is 14.7. The molecular weight excluding hydrogens is 389 g/mol. The fourth-order valence-electron chi connectivity index (χ4n) is 1.83. The molecular formula is C13H12IN3O4. The minimum Gasteiger partial charge on any atom is -0.478 e. The Kier molecular flexibility index (Phi) is 4.56. The van der Waals surface area contributed by atoms with Crippen LogP contribution in [-0.4, -0.2) is 40.7 Å². The lowest BCUT2D eigenvalue weighted by molar-refractivity contribution is -0.130. The van der Waals surface area contributed by atoms with Crippen LogP contribution in [0.5, 0.6) is 0 Å². The van der Waals surface area contributed by atoms with Gasteiger partial charge in [-0.15, -0.1) is 0 Å². The predicted octanol–water partition coefficient (Wildman–Crippen LogP) is 1.54. The lowest BCUT2D eigenvalue weighted by atomic mass is 10.1. The van der Waals surface area contributed by atoms with E-state index in [0.717, 1.165) is 8.58 Å². The molecule has 1 aromatic rings. The number of aromatic carboxylic acids is 1. The zero-order valence-electron chi connectivity index (χ0n) is 11.1. The second-order valence-electron chi connectivity index (χ2n) is 4.41. The highest BCUT2D eigenvalue weighted by Crippen LogP contribution is 2.19. The predicted molar refractivity (Wildman–Crippen MR) is 84.2 cm³/mol. The number of carboxylic acid groups (broad SMARTS) is 1. The van der Waals surface area contributed by atoms with Gasteiger partial charge in [0.2, 0.25) is 5.91 Å². The van der Waals surface area contributed by atoms with E-state index in [-0.39, 0.29) is 35.7 Å². The first-order valence-electron chi connectivity index (χ1n) is 6.06. The first-order valence-corrected chi connectivity index (χ1v) is 7.14. The van der Waals surface area contributed by atoms with Crippen LogP contribution in [0.4, 0.5) is 5.69 Å². The molecule has 2 amide bonds. The second kappa shape index (κ2) is 6.20. The fourth-order valence-corrected chi connectivity index (χ4v) is 2.32. The molecule has 0 bridgehead atoms. The van der Waals surface area contributed by atoms with Gasteiger partial charge in [-0.05, 0) is 40.8 Å². The first-order chi connectivity index (χ1) is 9.88. The summed E-state index contributed by atoms with van der Waals surface area (Å²) in [6.07, 6.45) is 0.447. The Morgan fingerprint density at radius 2 is 2.10 bits per heavy atom. The Morgan fingerprint density at radius 3 is 2.71 bits per heavy atom. The molecule has 0 unspecified atom stereocenters. The number of nitrogens with one attached hydrogen (secondary N) is 1. The zero-order chi connectivity index (χ0) is 15.6.